The maximum atomic E-state index is 4.63. The number of anilines is 3. The van der Waals surface area contributed by atoms with E-state index in [1.807, 2.05) is 6.92 Å². The molecule has 1 aromatic heterocycles. The third-order valence-corrected chi connectivity index (χ3v) is 4.70. The molecule has 25 heavy (non-hydrogen) atoms. The number of unbranched alkanes of at least 4 members (excludes halogenated alkanes) is 1. The highest BCUT2D eigenvalue weighted by molar-refractivity contribution is 5.60. The van der Waals surface area contributed by atoms with Crippen LogP contribution in [0.4, 0.5) is 17.3 Å². The van der Waals surface area contributed by atoms with Crippen molar-refractivity contribution in [3.63, 3.8) is 0 Å². The van der Waals surface area contributed by atoms with Gasteiger partial charge in [0.25, 0.3) is 0 Å². The van der Waals surface area contributed by atoms with E-state index in [-0.39, 0.29) is 0 Å². The van der Waals surface area contributed by atoms with Crippen LogP contribution in [0.1, 0.15) is 31.2 Å². The average molecular weight is 339 g/mol. The van der Waals surface area contributed by atoms with E-state index in [9.17, 15) is 0 Å². The SMILES string of the molecule is CCCCc1ccc(Nc2cc(N3CCN(C)CC3)nc(C)n2)cc1. The molecule has 0 saturated carbocycles. The van der Waals surface area contributed by atoms with Crippen molar-refractivity contribution in [3.05, 3.63) is 41.7 Å². The van der Waals surface area contributed by atoms with Crippen LogP contribution in [0.3, 0.4) is 0 Å². The summed E-state index contributed by atoms with van der Waals surface area (Å²) in [6.07, 6.45) is 3.62. The molecule has 3 rings (SSSR count). The Bertz CT molecular complexity index is 675. The van der Waals surface area contributed by atoms with Crippen LogP contribution in [-0.2, 0) is 6.42 Å². The van der Waals surface area contributed by atoms with Gasteiger partial charge in [-0.15, -0.1) is 0 Å². The second-order valence-electron chi connectivity index (χ2n) is 6.87. The Morgan fingerprint density at radius 1 is 1.04 bits per heavy atom. The largest absolute Gasteiger partial charge is 0.354 e. The second-order valence-corrected chi connectivity index (χ2v) is 6.87. The number of rotatable bonds is 6. The van der Waals surface area contributed by atoms with Crippen molar-refractivity contribution in [3.8, 4) is 0 Å². The fraction of sp³-hybridized carbons (Fsp3) is 0.500. The molecule has 1 N–H and O–H groups in total. The maximum Gasteiger partial charge on any atom is 0.136 e. The third-order valence-electron chi connectivity index (χ3n) is 4.70. The number of benzene rings is 1. The van der Waals surface area contributed by atoms with Crippen LogP contribution in [-0.4, -0.2) is 48.1 Å². The molecule has 0 atom stereocenters. The average Bonchev–Trinajstić information content (AvgIpc) is 2.61. The summed E-state index contributed by atoms with van der Waals surface area (Å²) in [7, 11) is 2.17. The van der Waals surface area contributed by atoms with Gasteiger partial charge in [-0.2, -0.15) is 0 Å². The molecule has 1 saturated heterocycles. The zero-order valence-electron chi connectivity index (χ0n) is 15.6. The van der Waals surface area contributed by atoms with Gasteiger partial charge in [0.15, 0.2) is 0 Å². The van der Waals surface area contributed by atoms with Gasteiger partial charge in [0.2, 0.25) is 0 Å². The van der Waals surface area contributed by atoms with E-state index in [2.05, 4.69) is 69.4 Å². The van der Waals surface area contributed by atoms with Crippen molar-refractivity contribution in [2.75, 3.05) is 43.4 Å². The summed E-state index contributed by atoms with van der Waals surface area (Å²) in [4.78, 5) is 13.9. The predicted molar refractivity (Wildman–Crippen MR) is 105 cm³/mol. The number of nitrogens with zero attached hydrogens (tertiary/aromatic N) is 4. The Balaban J connectivity index is 1.70. The molecule has 0 amide bonds. The molecule has 1 aliphatic heterocycles. The number of aryl methyl sites for hydroxylation is 2. The van der Waals surface area contributed by atoms with E-state index in [0.29, 0.717) is 0 Å². The van der Waals surface area contributed by atoms with Crippen LogP contribution in [0.5, 0.6) is 0 Å². The normalized spacial score (nSPS) is 15.4. The summed E-state index contributed by atoms with van der Waals surface area (Å²) in [6, 6.07) is 10.7. The molecule has 1 aliphatic rings. The molecule has 1 aromatic carbocycles. The van der Waals surface area contributed by atoms with Gasteiger partial charge in [0.05, 0.1) is 0 Å². The van der Waals surface area contributed by atoms with Gasteiger partial charge in [0, 0.05) is 37.9 Å². The van der Waals surface area contributed by atoms with Crippen LogP contribution in [0, 0.1) is 6.92 Å². The maximum absolute atomic E-state index is 4.63. The molecule has 2 aromatic rings. The van der Waals surface area contributed by atoms with Crippen molar-refractivity contribution in [1.82, 2.24) is 14.9 Å². The lowest BCUT2D eigenvalue weighted by molar-refractivity contribution is 0.312. The van der Waals surface area contributed by atoms with E-state index in [4.69, 9.17) is 0 Å². The van der Waals surface area contributed by atoms with Crippen molar-refractivity contribution in [2.45, 2.75) is 33.1 Å². The quantitative estimate of drug-likeness (QED) is 0.871. The van der Waals surface area contributed by atoms with Gasteiger partial charge in [-0.1, -0.05) is 25.5 Å². The van der Waals surface area contributed by atoms with Crippen LogP contribution in [0.15, 0.2) is 30.3 Å². The highest BCUT2D eigenvalue weighted by Gasteiger charge is 2.16. The van der Waals surface area contributed by atoms with Crippen molar-refractivity contribution >= 4 is 17.3 Å². The van der Waals surface area contributed by atoms with E-state index >= 15 is 0 Å². The number of hydrogen-bond acceptors (Lipinski definition) is 5. The lowest BCUT2D eigenvalue weighted by Crippen LogP contribution is -2.44. The minimum Gasteiger partial charge on any atom is -0.354 e. The van der Waals surface area contributed by atoms with Gasteiger partial charge in [-0.3, -0.25) is 0 Å². The van der Waals surface area contributed by atoms with Crippen molar-refractivity contribution in [2.24, 2.45) is 0 Å². The predicted octanol–water partition coefficient (Wildman–Crippen LogP) is 3.62. The third kappa shape index (κ3) is 4.92. The molecule has 2 heterocycles. The number of piperazine rings is 1. The first kappa shape index (κ1) is 17.7. The molecule has 5 nitrogen and oxygen atoms in total. The minimum atomic E-state index is 0.804. The van der Waals surface area contributed by atoms with Gasteiger partial charge in [0.1, 0.15) is 17.5 Å². The van der Waals surface area contributed by atoms with Gasteiger partial charge < -0.3 is 15.1 Å². The van der Waals surface area contributed by atoms with E-state index in [1.165, 1.54) is 18.4 Å². The first-order valence-corrected chi connectivity index (χ1v) is 9.29. The zero-order chi connectivity index (χ0) is 17.6. The van der Waals surface area contributed by atoms with Gasteiger partial charge in [-0.05, 0) is 44.5 Å². The Kier molecular flexibility index (Phi) is 5.87. The van der Waals surface area contributed by atoms with Crippen LogP contribution >= 0.6 is 0 Å². The standard InChI is InChI=1S/C20H29N5/c1-4-5-6-17-7-9-18(10-8-17)23-19-15-20(22-16(2)21-19)25-13-11-24(3)12-14-25/h7-10,15H,4-6,11-14H2,1-3H3,(H,21,22,23). The minimum absolute atomic E-state index is 0.804. The summed E-state index contributed by atoms with van der Waals surface area (Å²) >= 11 is 0. The Morgan fingerprint density at radius 2 is 1.76 bits per heavy atom. The summed E-state index contributed by atoms with van der Waals surface area (Å²) in [5.74, 6) is 2.68. The smallest absolute Gasteiger partial charge is 0.136 e. The zero-order valence-corrected chi connectivity index (χ0v) is 15.6. The molecule has 5 heteroatoms. The Morgan fingerprint density at radius 3 is 2.44 bits per heavy atom. The highest BCUT2D eigenvalue weighted by Crippen LogP contribution is 2.21. The Hall–Kier alpha value is -2.14. The molecule has 0 radical (unpaired) electrons. The molecule has 134 valence electrons. The lowest BCUT2D eigenvalue weighted by Gasteiger charge is -2.33. The van der Waals surface area contributed by atoms with Crippen molar-refractivity contribution < 1.29 is 0 Å². The molecular formula is C20H29N5. The summed E-state index contributed by atoms with van der Waals surface area (Å²) in [5.41, 5.74) is 2.46. The lowest BCUT2D eigenvalue weighted by atomic mass is 10.1. The van der Waals surface area contributed by atoms with E-state index < -0.39 is 0 Å². The van der Waals surface area contributed by atoms with E-state index in [0.717, 1.165) is 55.7 Å². The first-order valence-electron chi connectivity index (χ1n) is 9.29. The first-order chi connectivity index (χ1) is 12.1. The molecule has 0 aliphatic carbocycles. The fourth-order valence-electron chi connectivity index (χ4n) is 3.10. The second kappa shape index (κ2) is 8.30. The van der Waals surface area contributed by atoms with Crippen molar-refractivity contribution in [1.29, 1.82) is 0 Å². The molecule has 0 bridgehead atoms. The number of aromatic nitrogens is 2. The molecular weight excluding hydrogens is 310 g/mol. The summed E-state index contributed by atoms with van der Waals surface area (Å²) in [5, 5.41) is 3.43. The highest BCUT2D eigenvalue weighted by atomic mass is 15.3. The summed E-state index contributed by atoms with van der Waals surface area (Å²) < 4.78 is 0. The molecule has 0 unspecified atom stereocenters. The number of hydrogen-bond donors (Lipinski definition) is 1. The van der Waals surface area contributed by atoms with E-state index in [1.54, 1.807) is 0 Å². The van der Waals surface area contributed by atoms with Crippen LogP contribution in [0.2, 0.25) is 0 Å². The van der Waals surface area contributed by atoms with Gasteiger partial charge >= 0.3 is 0 Å². The summed E-state index contributed by atoms with van der Waals surface area (Å²) in [6.45, 7) is 8.36. The van der Waals surface area contributed by atoms with Crippen LogP contribution in [0.25, 0.3) is 0 Å². The number of likely N-dealkylation sites (N-methyl/N-ethyl adjacent to an activating group) is 1. The monoisotopic (exact) mass is 339 g/mol. The molecule has 0 spiro atoms. The number of nitrogens with one attached hydrogen (secondary N) is 1. The van der Waals surface area contributed by atoms with Crippen LogP contribution < -0.4 is 10.2 Å². The topological polar surface area (TPSA) is 44.3 Å². The molecule has 1 fully saturated rings. The van der Waals surface area contributed by atoms with Gasteiger partial charge in [-0.25, -0.2) is 9.97 Å². The fourth-order valence-corrected chi connectivity index (χ4v) is 3.10. The Labute approximate surface area is 151 Å².